The number of nitrogens with one attached hydrogen (secondary N) is 3. The largest absolute Gasteiger partial charge is 0.292 e. The average molecular weight is 400 g/mol. The van der Waals surface area contributed by atoms with Gasteiger partial charge < -0.3 is 0 Å². The highest BCUT2D eigenvalue weighted by Gasteiger charge is 1.96. The SMILES string of the molecule is C1CCCC1.C1CCCCC1.C1NCNCN1.c1ccccc1.c1cncnc1. The third-order valence-electron chi connectivity index (χ3n) is 4.64. The van der Waals surface area contributed by atoms with Crippen LogP contribution in [0.15, 0.2) is 61.2 Å². The highest BCUT2D eigenvalue weighted by atomic mass is 15.2. The van der Waals surface area contributed by atoms with Crippen LogP contribution >= 0.6 is 0 Å². The second kappa shape index (κ2) is 22.5. The summed E-state index contributed by atoms with van der Waals surface area (Å²) in [5, 5.41) is 9.19. The summed E-state index contributed by atoms with van der Waals surface area (Å²) < 4.78 is 0. The van der Waals surface area contributed by atoms with Gasteiger partial charge in [0.25, 0.3) is 0 Å². The molecule has 29 heavy (non-hydrogen) atoms. The lowest BCUT2D eigenvalue weighted by molar-refractivity contribution is 0.443. The Morgan fingerprint density at radius 1 is 0.379 bits per heavy atom. The van der Waals surface area contributed by atoms with Gasteiger partial charge in [-0.05, 0) is 6.07 Å². The predicted octanol–water partition coefficient (Wildman–Crippen LogP) is 5.10. The number of hydrogen-bond acceptors (Lipinski definition) is 5. The molecule has 1 aromatic heterocycles. The maximum atomic E-state index is 3.67. The summed E-state index contributed by atoms with van der Waals surface area (Å²) in [5.74, 6) is 0. The van der Waals surface area contributed by atoms with E-state index in [0.717, 1.165) is 20.0 Å². The third-order valence-corrected chi connectivity index (χ3v) is 4.64. The van der Waals surface area contributed by atoms with E-state index in [-0.39, 0.29) is 0 Å². The monoisotopic (exact) mass is 399 g/mol. The Balaban J connectivity index is 0.000000182. The number of aromatic nitrogens is 2. The summed E-state index contributed by atoms with van der Waals surface area (Å²) in [6.07, 6.45) is 21.4. The van der Waals surface area contributed by atoms with Crippen LogP contribution in [0.3, 0.4) is 0 Å². The van der Waals surface area contributed by atoms with E-state index in [1.165, 1.54) is 77.0 Å². The fraction of sp³-hybridized carbons (Fsp3) is 0.583. The van der Waals surface area contributed by atoms with E-state index < -0.39 is 0 Å². The first-order chi connectivity index (χ1) is 14.5. The molecule has 5 heteroatoms. The quantitative estimate of drug-likeness (QED) is 0.575. The molecule has 2 heterocycles. The van der Waals surface area contributed by atoms with Crippen molar-refractivity contribution in [1.82, 2.24) is 25.9 Å². The minimum atomic E-state index is 0.938. The first-order valence-corrected chi connectivity index (χ1v) is 11.3. The Morgan fingerprint density at radius 3 is 0.793 bits per heavy atom. The molecular weight excluding hydrogens is 358 g/mol. The van der Waals surface area contributed by atoms with Crippen LogP contribution in [0.25, 0.3) is 0 Å². The van der Waals surface area contributed by atoms with Crippen molar-refractivity contribution in [3.63, 3.8) is 0 Å². The van der Waals surface area contributed by atoms with Gasteiger partial charge in [0.2, 0.25) is 0 Å². The molecule has 0 atom stereocenters. The molecular formula is C24H41N5. The second-order valence-corrected chi connectivity index (χ2v) is 7.23. The molecule has 1 saturated heterocycles. The van der Waals surface area contributed by atoms with E-state index in [1.54, 1.807) is 18.5 Å². The van der Waals surface area contributed by atoms with Crippen LogP contribution in [-0.4, -0.2) is 30.0 Å². The van der Waals surface area contributed by atoms with Gasteiger partial charge in [0.15, 0.2) is 0 Å². The zero-order chi connectivity index (χ0) is 20.5. The summed E-state index contributed by atoms with van der Waals surface area (Å²) in [7, 11) is 0. The molecule has 2 aliphatic carbocycles. The first kappa shape index (κ1) is 25.2. The zero-order valence-electron chi connectivity index (χ0n) is 18.1. The highest BCUT2D eigenvalue weighted by Crippen LogP contribution is 2.15. The van der Waals surface area contributed by atoms with Crippen LogP contribution in [-0.2, 0) is 0 Å². The first-order valence-electron chi connectivity index (χ1n) is 11.3. The van der Waals surface area contributed by atoms with E-state index in [0.29, 0.717) is 0 Å². The molecule has 0 radical (unpaired) electrons. The van der Waals surface area contributed by atoms with Gasteiger partial charge in [-0.25, -0.2) is 9.97 Å². The summed E-state index contributed by atoms with van der Waals surface area (Å²) in [4.78, 5) is 7.35. The van der Waals surface area contributed by atoms with Crippen molar-refractivity contribution < 1.29 is 0 Å². The molecule has 0 bridgehead atoms. The van der Waals surface area contributed by atoms with Gasteiger partial charge in [-0.3, -0.25) is 16.0 Å². The fourth-order valence-electron chi connectivity index (χ4n) is 3.04. The normalized spacial score (nSPS) is 17.4. The average Bonchev–Trinajstić information content (AvgIpc) is 3.45. The van der Waals surface area contributed by atoms with E-state index in [1.807, 2.05) is 36.4 Å². The van der Waals surface area contributed by atoms with Crippen LogP contribution in [0.1, 0.15) is 70.6 Å². The molecule has 5 rings (SSSR count). The van der Waals surface area contributed by atoms with Crippen LogP contribution in [0.2, 0.25) is 0 Å². The van der Waals surface area contributed by atoms with Gasteiger partial charge in [-0.1, -0.05) is 107 Å². The molecule has 2 saturated carbocycles. The van der Waals surface area contributed by atoms with E-state index in [2.05, 4.69) is 25.9 Å². The zero-order valence-corrected chi connectivity index (χ0v) is 18.1. The Hall–Kier alpha value is -1.82. The Bertz CT molecular complexity index is 370. The van der Waals surface area contributed by atoms with Gasteiger partial charge in [-0.15, -0.1) is 0 Å². The van der Waals surface area contributed by atoms with Crippen LogP contribution in [0, 0.1) is 0 Å². The Labute approximate surface area is 178 Å². The summed E-state index contributed by atoms with van der Waals surface area (Å²) in [6, 6.07) is 13.8. The molecule has 1 aliphatic heterocycles. The molecule has 3 fully saturated rings. The van der Waals surface area contributed by atoms with Crippen molar-refractivity contribution in [2.75, 3.05) is 20.0 Å². The Morgan fingerprint density at radius 2 is 0.655 bits per heavy atom. The van der Waals surface area contributed by atoms with E-state index in [4.69, 9.17) is 0 Å². The van der Waals surface area contributed by atoms with Crippen LogP contribution < -0.4 is 16.0 Å². The lowest BCUT2D eigenvalue weighted by Gasteiger charge is -2.13. The maximum absolute atomic E-state index is 3.67. The Kier molecular flexibility index (Phi) is 19.5. The number of nitrogens with zero attached hydrogens (tertiary/aromatic N) is 2. The third kappa shape index (κ3) is 20.7. The van der Waals surface area contributed by atoms with Crippen LogP contribution in [0.4, 0.5) is 0 Å². The van der Waals surface area contributed by atoms with Crippen molar-refractivity contribution in [2.24, 2.45) is 0 Å². The van der Waals surface area contributed by atoms with Crippen molar-refractivity contribution in [1.29, 1.82) is 0 Å². The smallest absolute Gasteiger partial charge is 0.115 e. The summed E-state index contributed by atoms with van der Waals surface area (Å²) in [6.45, 7) is 2.81. The van der Waals surface area contributed by atoms with E-state index in [9.17, 15) is 0 Å². The number of benzene rings is 1. The standard InChI is InChI=1S/C6H12.C6H6.C5H10.C4H4N2.C3H9N3/c2*1-2-4-6-5-3-1;1-2-4-5-3-1;1-2-5-4-6-3-1;1-4-2-6-3-5-1/h1-6H2;1-6H;1-5H2;1-4H;4-6H,1-3H2. The number of rotatable bonds is 0. The van der Waals surface area contributed by atoms with Crippen molar-refractivity contribution in [3.05, 3.63) is 61.2 Å². The summed E-state index contributed by atoms with van der Waals surface area (Å²) in [5.41, 5.74) is 0. The van der Waals surface area contributed by atoms with Crippen LogP contribution in [0.5, 0.6) is 0 Å². The van der Waals surface area contributed by atoms with E-state index >= 15 is 0 Å². The van der Waals surface area contributed by atoms with Gasteiger partial charge in [0.1, 0.15) is 6.33 Å². The van der Waals surface area contributed by atoms with Gasteiger partial charge in [0.05, 0.1) is 0 Å². The highest BCUT2D eigenvalue weighted by molar-refractivity contribution is 4.99. The van der Waals surface area contributed by atoms with Gasteiger partial charge >= 0.3 is 0 Å². The number of hydrogen-bond donors (Lipinski definition) is 3. The maximum Gasteiger partial charge on any atom is 0.115 e. The minimum absolute atomic E-state index is 0.938. The van der Waals surface area contributed by atoms with Gasteiger partial charge in [0, 0.05) is 32.4 Å². The molecule has 0 spiro atoms. The molecule has 1 aromatic carbocycles. The second-order valence-electron chi connectivity index (χ2n) is 7.23. The molecule has 2 aromatic rings. The van der Waals surface area contributed by atoms with Crippen molar-refractivity contribution in [2.45, 2.75) is 70.6 Å². The molecule has 0 unspecified atom stereocenters. The van der Waals surface area contributed by atoms with Gasteiger partial charge in [-0.2, -0.15) is 0 Å². The minimum Gasteiger partial charge on any atom is -0.292 e. The molecule has 3 N–H and O–H groups in total. The van der Waals surface area contributed by atoms with Crippen molar-refractivity contribution in [3.8, 4) is 0 Å². The lowest BCUT2D eigenvalue weighted by Crippen LogP contribution is -2.47. The molecule has 5 nitrogen and oxygen atoms in total. The summed E-state index contributed by atoms with van der Waals surface area (Å²) >= 11 is 0. The topological polar surface area (TPSA) is 61.9 Å². The fourth-order valence-corrected chi connectivity index (χ4v) is 3.04. The molecule has 0 amide bonds. The predicted molar refractivity (Wildman–Crippen MR) is 123 cm³/mol. The molecule has 162 valence electrons. The van der Waals surface area contributed by atoms with Crippen molar-refractivity contribution >= 4 is 0 Å². The lowest BCUT2D eigenvalue weighted by atomic mass is 10.0. The molecule has 3 aliphatic rings.